The van der Waals surface area contributed by atoms with Crippen LogP contribution in [0.5, 0.6) is 5.75 Å². The molecule has 2 aliphatic rings. The minimum absolute atomic E-state index is 0.0206. The molecule has 0 spiro atoms. The Balaban J connectivity index is 1.68. The lowest BCUT2D eigenvalue weighted by Crippen LogP contribution is -2.29. The Morgan fingerprint density at radius 2 is 1.95 bits per heavy atom. The van der Waals surface area contributed by atoms with Gasteiger partial charge < -0.3 is 14.6 Å². The average molecular weight is 519 g/mol. The van der Waals surface area contributed by atoms with Gasteiger partial charge in [-0.05, 0) is 55.2 Å². The Morgan fingerprint density at radius 3 is 2.62 bits per heavy atom. The smallest absolute Gasteiger partial charge is 0.350 e. The van der Waals surface area contributed by atoms with Crippen molar-refractivity contribution in [3.63, 3.8) is 0 Å². The van der Waals surface area contributed by atoms with Crippen LogP contribution in [-0.2, 0) is 27.2 Å². The Bertz CT molecular complexity index is 1460. The van der Waals surface area contributed by atoms with E-state index in [9.17, 15) is 19.5 Å². The zero-order valence-corrected chi connectivity index (χ0v) is 21.7. The highest BCUT2D eigenvalue weighted by molar-refractivity contribution is 7.17. The molecule has 2 aromatic carbocycles. The molecule has 2 aliphatic heterocycles. The van der Waals surface area contributed by atoms with Gasteiger partial charge >= 0.3 is 11.9 Å². The summed E-state index contributed by atoms with van der Waals surface area (Å²) < 4.78 is 10.6. The number of aliphatic hydroxyl groups is 1. The van der Waals surface area contributed by atoms with E-state index in [1.165, 1.54) is 12.0 Å². The zero-order valence-electron chi connectivity index (χ0n) is 20.9. The van der Waals surface area contributed by atoms with Crippen molar-refractivity contribution >= 4 is 39.9 Å². The maximum atomic E-state index is 13.4. The van der Waals surface area contributed by atoms with E-state index < -0.39 is 23.7 Å². The Hall–Kier alpha value is -3.98. The molecule has 0 aliphatic carbocycles. The lowest BCUT2D eigenvalue weighted by Gasteiger charge is -2.23. The molecule has 1 N–H and O–H groups in total. The number of hydrogen-bond acceptors (Lipinski definition) is 8. The summed E-state index contributed by atoms with van der Waals surface area (Å²) in [5.74, 6) is -1.75. The number of carbonyl (C=O) groups excluding carboxylic acids is 3. The molecular weight excluding hydrogens is 492 g/mol. The van der Waals surface area contributed by atoms with Crippen molar-refractivity contribution in [3.8, 4) is 5.75 Å². The van der Waals surface area contributed by atoms with Crippen molar-refractivity contribution in [1.29, 1.82) is 0 Å². The van der Waals surface area contributed by atoms with Crippen LogP contribution in [0, 0.1) is 6.92 Å². The number of ketones is 1. The largest absolute Gasteiger partial charge is 0.507 e. The van der Waals surface area contributed by atoms with Crippen molar-refractivity contribution in [2.24, 2.45) is 0 Å². The van der Waals surface area contributed by atoms with Gasteiger partial charge in [0.1, 0.15) is 22.5 Å². The summed E-state index contributed by atoms with van der Waals surface area (Å²) in [7, 11) is 1.27. The quantitative estimate of drug-likeness (QED) is 0.225. The second kappa shape index (κ2) is 9.48. The van der Waals surface area contributed by atoms with Crippen LogP contribution in [-0.4, -0.2) is 41.0 Å². The van der Waals surface area contributed by atoms with Crippen LogP contribution >= 0.6 is 11.3 Å². The molecule has 0 saturated carbocycles. The third kappa shape index (κ3) is 4.19. The van der Waals surface area contributed by atoms with Gasteiger partial charge in [-0.25, -0.2) is 9.78 Å². The maximum absolute atomic E-state index is 13.4. The number of methoxy groups -OCH3 is 1. The van der Waals surface area contributed by atoms with Gasteiger partial charge in [-0.1, -0.05) is 42.5 Å². The number of aromatic nitrogens is 1. The number of aryl methyl sites for hydroxylation is 2. The monoisotopic (exact) mass is 518 g/mol. The topological polar surface area (TPSA) is 106 Å². The van der Waals surface area contributed by atoms with Gasteiger partial charge in [-0.3, -0.25) is 14.5 Å². The second-order valence-electron chi connectivity index (χ2n) is 9.12. The zero-order chi connectivity index (χ0) is 26.4. The van der Waals surface area contributed by atoms with E-state index in [0.717, 1.165) is 34.6 Å². The van der Waals surface area contributed by atoms with Crippen molar-refractivity contribution in [2.75, 3.05) is 12.0 Å². The summed E-state index contributed by atoms with van der Waals surface area (Å²) in [5.41, 5.74) is 3.44. The molecule has 0 bridgehead atoms. The molecule has 1 aromatic heterocycles. The molecule has 5 rings (SSSR count). The summed E-state index contributed by atoms with van der Waals surface area (Å²) in [5, 5.41) is 11.6. The van der Waals surface area contributed by atoms with Gasteiger partial charge in [-0.15, -0.1) is 0 Å². The summed E-state index contributed by atoms with van der Waals surface area (Å²) in [4.78, 5) is 45.0. The molecule has 1 fully saturated rings. The molecule has 3 heterocycles. The number of amides is 1. The first-order valence-corrected chi connectivity index (χ1v) is 12.8. The number of anilines is 1. The SMILES string of the molecule is CCc1ccc(C2C(=C(O)c3ccc4c(c3)CC(C)O4)C(=O)C(=O)N2c2nc(C)c(C(=O)OC)s2)cc1. The number of carbonyl (C=O) groups is 3. The third-order valence-corrected chi connectivity index (χ3v) is 7.82. The minimum Gasteiger partial charge on any atom is -0.507 e. The fourth-order valence-corrected chi connectivity index (χ4v) is 5.78. The van der Waals surface area contributed by atoms with Crippen LogP contribution in [0.2, 0.25) is 0 Å². The first-order valence-electron chi connectivity index (χ1n) is 12.0. The summed E-state index contributed by atoms with van der Waals surface area (Å²) in [6, 6.07) is 11.9. The van der Waals surface area contributed by atoms with Crippen LogP contribution in [0.25, 0.3) is 5.76 Å². The number of ether oxygens (including phenoxy) is 2. The molecular formula is C28H26N2O6S. The van der Waals surface area contributed by atoms with Crippen LogP contribution in [0.15, 0.2) is 48.0 Å². The van der Waals surface area contributed by atoms with Gasteiger partial charge in [0.25, 0.3) is 5.78 Å². The highest BCUT2D eigenvalue weighted by Crippen LogP contribution is 2.44. The molecule has 2 atom stereocenters. The Morgan fingerprint density at radius 1 is 1.22 bits per heavy atom. The summed E-state index contributed by atoms with van der Waals surface area (Å²) in [6.45, 7) is 5.64. The molecule has 1 saturated heterocycles. The number of hydrogen-bond donors (Lipinski definition) is 1. The number of rotatable bonds is 5. The molecule has 0 radical (unpaired) electrons. The van der Waals surface area contributed by atoms with Crippen molar-refractivity contribution in [1.82, 2.24) is 4.98 Å². The second-order valence-corrected chi connectivity index (χ2v) is 10.1. The first kappa shape index (κ1) is 24.7. The highest BCUT2D eigenvalue weighted by Gasteiger charge is 2.48. The van der Waals surface area contributed by atoms with Gasteiger partial charge in [0.15, 0.2) is 5.13 Å². The number of fused-ring (bicyclic) bond motifs is 1. The number of esters is 1. The number of thiazole rings is 1. The summed E-state index contributed by atoms with van der Waals surface area (Å²) in [6.07, 6.45) is 1.53. The average Bonchev–Trinajstić information content (AvgIpc) is 3.55. The first-order chi connectivity index (χ1) is 17.7. The molecule has 3 aromatic rings. The van der Waals surface area contributed by atoms with Crippen molar-refractivity contribution < 1.29 is 29.0 Å². The lowest BCUT2D eigenvalue weighted by molar-refractivity contribution is -0.132. The van der Waals surface area contributed by atoms with Gasteiger partial charge in [-0.2, -0.15) is 0 Å². The fraction of sp³-hybridized carbons (Fsp3) is 0.286. The number of aliphatic hydroxyl groups excluding tert-OH is 1. The van der Waals surface area contributed by atoms with E-state index in [-0.39, 0.29) is 27.4 Å². The third-order valence-electron chi connectivity index (χ3n) is 6.68. The predicted octanol–water partition coefficient (Wildman–Crippen LogP) is 4.75. The Labute approximate surface area is 218 Å². The van der Waals surface area contributed by atoms with E-state index in [1.807, 2.05) is 38.1 Å². The molecule has 190 valence electrons. The van der Waals surface area contributed by atoms with Crippen molar-refractivity contribution in [2.45, 2.75) is 45.8 Å². The van der Waals surface area contributed by atoms with E-state index >= 15 is 0 Å². The highest BCUT2D eigenvalue weighted by atomic mass is 32.1. The van der Waals surface area contributed by atoms with Crippen LogP contribution in [0.1, 0.15) is 57.5 Å². The van der Waals surface area contributed by atoms with Crippen LogP contribution in [0.3, 0.4) is 0 Å². The normalized spacial score (nSPS) is 20.2. The lowest BCUT2D eigenvalue weighted by atomic mass is 9.94. The van der Waals surface area contributed by atoms with Gasteiger partial charge in [0, 0.05) is 12.0 Å². The molecule has 9 heteroatoms. The standard InChI is InChI=1S/C28H26N2O6S/c1-5-16-6-8-17(9-7-16)22-21(23(31)18-10-11-20-19(13-18)12-14(2)36-20)24(32)26(33)30(22)28-29-15(3)25(37-28)27(34)35-4/h6-11,13-14,22,31H,5,12H2,1-4H3. The van der Waals surface area contributed by atoms with E-state index in [0.29, 0.717) is 23.2 Å². The Kier molecular flexibility index (Phi) is 6.33. The maximum Gasteiger partial charge on any atom is 0.350 e. The predicted molar refractivity (Wildman–Crippen MR) is 139 cm³/mol. The molecule has 8 nitrogen and oxygen atoms in total. The van der Waals surface area contributed by atoms with Crippen LogP contribution in [0.4, 0.5) is 5.13 Å². The van der Waals surface area contributed by atoms with Gasteiger partial charge in [0.2, 0.25) is 0 Å². The van der Waals surface area contributed by atoms with E-state index in [1.54, 1.807) is 25.1 Å². The molecule has 2 unspecified atom stereocenters. The number of benzene rings is 2. The molecule has 37 heavy (non-hydrogen) atoms. The fourth-order valence-electron chi connectivity index (χ4n) is 4.77. The van der Waals surface area contributed by atoms with Crippen LogP contribution < -0.4 is 9.64 Å². The van der Waals surface area contributed by atoms with Gasteiger partial charge in [0.05, 0.1) is 24.4 Å². The van der Waals surface area contributed by atoms with E-state index in [2.05, 4.69) is 4.98 Å². The number of nitrogens with zero attached hydrogens (tertiary/aromatic N) is 2. The minimum atomic E-state index is -0.926. The van der Waals surface area contributed by atoms with Crippen molar-refractivity contribution in [3.05, 3.63) is 80.9 Å². The van der Waals surface area contributed by atoms with E-state index in [4.69, 9.17) is 9.47 Å². The number of Topliss-reactive ketones (excluding diaryl/α,β-unsaturated/α-hetero) is 1. The summed E-state index contributed by atoms with van der Waals surface area (Å²) >= 11 is 0.974. The molecule has 1 amide bonds.